The molecule has 1 N–H and O–H groups in total. The van der Waals surface area contributed by atoms with Crippen molar-refractivity contribution in [2.45, 2.75) is 70.5 Å². The summed E-state index contributed by atoms with van der Waals surface area (Å²) >= 11 is 0. The van der Waals surface area contributed by atoms with E-state index < -0.39 is 16.1 Å². The Labute approximate surface area is 256 Å². The van der Waals surface area contributed by atoms with Crippen molar-refractivity contribution in [1.82, 2.24) is 10.2 Å². The van der Waals surface area contributed by atoms with Crippen LogP contribution in [0.5, 0.6) is 5.75 Å². The molecule has 0 radical (unpaired) electrons. The van der Waals surface area contributed by atoms with Gasteiger partial charge in [-0.3, -0.25) is 13.9 Å². The third-order valence-corrected chi connectivity index (χ3v) is 9.26. The molecule has 1 aliphatic carbocycles. The zero-order chi connectivity index (χ0) is 30.8. The van der Waals surface area contributed by atoms with Crippen LogP contribution in [0.3, 0.4) is 0 Å². The molecule has 1 saturated carbocycles. The van der Waals surface area contributed by atoms with E-state index in [0.29, 0.717) is 17.9 Å². The molecule has 0 spiro atoms. The Bertz CT molecular complexity index is 1470. The first-order valence-corrected chi connectivity index (χ1v) is 16.8. The number of nitrogens with one attached hydrogen (secondary N) is 1. The summed E-state index contributed by atoms with van der Waals surface area (Å²) in [5.74, 6) is 0.0932. The van der Waals surface area contributed by atoms with Crippen LogP contribution in [0.25, 0.3) is 0 Å². The van der Waals surface area contributed by atoms with Crippen molar-refractivity contribution in [3.8, 4) is 5.75 Å². The number of carbonyl (C=O) groups is 2. The van der Waals surface area contributed by atoms with Gasteiger partial charge >= 0.3 is 0 Å². The Morgan fingerprint density at radius 1 is 0.953 bits per heavy atom. The maximum absolute atomic E-state index is 14.1. The topological polar surface area (TPSA) is 96.0 Å². The van der Waals surface area contributed by atoms with Gasteiger partial charge in [-0.05, 0) is 55.0 Å². The lowest BCUT2D eigenvalue weighted by atomic mass is 10.0. The van der Waals surface area contributed by atoms with Crippen molar-refractivity contribution in [3.05, 3.63) is 95.6 Å². The maximum atomic E-state index is 14.1. The van der Waals surface area contributed by atoms with Crippen molar-refractivity contribution < 1.29 is 22.7 Å². The summed E-state index contributed by atoms with van der Waals surface area (Å²) in [6.07, 6.45) is 5.94. The van der Waals surface area contributed by atoms with Crippen LogP contribution >= 0.6 is 0 Å². The highest BCUT2D eigenvalue weighted by Gasteiger charge is 2.32. The number of sulfonamides is 1. The minimum absolute atomic E-state index is 0.0784. The van der Waals surface area contributed by atoms with Gasteiger partial charge in [0.05, 0.1) is 19.1 Å². The number of amides is 2. The minimum atomic E-state index is -3.64. The van der Waals surface area contributed by atoms with Crippen LogP contribution in [-0.4, -0.2) is 57.1 Å². The normalized spacial score (nSPS) is 14.2. The summed E-state index contributed by atoms with van der Waals surface area (Å²) < 4.78 is 32.2. The second-order valence-corrected chi connectivity index (χ2v) is 13.2. The SMILES string of the molecule is COc1ccccc1N(CCCC(=O)N(Cc1ccccc1C)[C@H](Cc1ccccc1)C(=O)NC1CCCC1)S(C)(=O)=O. The van der Waals surface area contributed by atoms with E-state index in [1.165, 1.54) is 11.4 Å². The second kappa shape index (κ2) is 15.0. The number of carbonyl (C=O) groups excluding carboxylic acids is 2. The van der Waals surface area contributed by atoms with Gasteiger partial charge in [-0.25, -0.2) is 8.42 Å². The molecule has 1 aliphatic rings. The summed E-state index contributed by atoms with van der Waals surface area (Å²) in [5, 5.41) is 3.23. The van der Waals surface area contributed by atoms with Gasteiger partial charge in [0.1, 0.15) is 11.8 Å². The van der Waals surface area contributed by atoms with Gasteiger partial charge < -0.3 is 15.0 Å². The van der Waals surface area contributed by atoms with E-state index in [0.717, 1.165) is 48.6 Å². The van der Waals surface area contributed by atoms with Crippen molar-refractivity contribution in [3.63, 3.8) is 0 Å². The van der Waals surface area contributed by atoms with Crippen LogP contribution in [0.4, 0.5) is 5.69 Å². The summed E-state index contributed by atoms with van der Waals surface area (Å²) in [4.78, 5) is 29.7. The molecule has 0 aromatic heterocycles. The van der Waals surface area contributed by atoms with E-state index in [1.54, 1.807) is 29.2 Å². The van der Waals surface area contributed by atoms with Crippen molar-refractivity contribution in [2.24, 2.45) is 0 Å². The van der Waals surface area contributed by atoms with E-state index in [-0.39, 0.29) is 43.8 Å². The fourth-order valence-corrected chi connectivity index (χ4v) is 6.68. The number of methoxy groups -OCH3 is 1. The first-order chi connectivity index (χ1) is 20.7. The van der Waals surface area contributed by atoms with Gasteiger partial charge in [-0.1, -0.05) is 79.6 Å². The fraction of sp³-hybridized carbons (Fsp3) is 0.412. The van der Waals surface area contributed by atoms with Crippen LogP contribution in [0.15, 0.2) is 78.9 Å². The van der Waals surface area contributed by atoms with E-state index in [4.69, 9.17) is 4.74 Å². The number of hydrogen-bond donors (Lipinski definition) is 1. The number of para-hydroxylation sites is 2. The minimum Gasteiger partial charge on any atom is -0.495 e. The van der Waals surface area contributed by atoms with Crippen molar-refractivity contribution >= 4 is 27.5 Å². The van der Waals surface area contributed by atoms with Gasteiger partial charge in [0, 0.05) is 32.0 Å². The van der Waals surface area contributed by atoms with Gasteiger partial charge in [0.25, 0.3) is 0 Å². The molecule has 3 aromatic rings. The predicted octanol–water partition coefficient (Wildman–Crippen LogP) is 5.25. The van der Waals surface area contributed by atoms with Crippen molar-refractivity contribution in [2.75, 3.05) is 24.2 Å². The summed E-state index contributed by atoms with van der Waals surface area (Å²) in [7, 11) is -2.15. The largest absolute Gasteiger partial charge is 0.495 e. The Kier molecular flexibility index (Phi) is 11.2. The molecule has 0 aliphatic heterocycles. The predicted molar refractivity (Wildman–Crippen MR) is 170 cm³/mol. The number of nitrogens with zero attached hydrogens (tertiary/aromatic N) is 2. The molecule has 0 bridgehead atoms. The Morgan fingerprint density at radius 2 is 1.60 bits per heavy atom. The number of hydrogen-bond acceptors (Lipinski definition) is 5. The molecular formula is C34H43N3O5S. The number of ether oxygens (including phenoxy) is 1. The van der Waals surface area contributed by atoms with E-state index in [2.05, 4.69) is 5.32 Å². The van der Waals surface area contributed by atoms with Crippen LogP contribution in [-0.2, 0) is 32.6 Å². The Morgan fingerprint density at radius 3 is 2.28 bits per heavy atom. The zero-order valence-corrected chi connectivity index (χ0v) is 26.2. The van der Waals surface area contributed by atoms with Crippen LogP contribution < -0.4 is 14.4 Å². The highest BCUT2D eigenvalue weighted by molar-refractivity contribution is 7.92. The zero-order valence-electron chi connectivity index (χ0n) is 25.4. The maximum Gasteiger partial charge on any atom is 0.243 e. The molecule has 4 rings (SSSR count). The molecule has 1 atom stereocenters. The number of aryl methyl sites for hydroxylation is 1. The highest BCUT2D eigenvalue weighted by atomic mass is 32.2. The number of benzene rings is 3. The fourth-order valence-electron chi connectivity index (χ4n) is 5.71. The molecule has 43 heavy (non-hydrogen) atoms. The summed E-state index contributed by atoms with van der Waals surface area (Å²) in [6, 6.07) is 24.0. The molecule has 0 heterocycles. The molecule has 3 aromatic carbocycles. The third kappa shape index (κ3) is 8.83. The van der Waals surface area contributed by atoms with Gasteiger partial charge in [0.2, 0.25) is 21.8 Å². The third-order valence-electron chi connectivity index (χ3n) is 8.08. The lowest BCUT2D eigenvalue weighted by Crippen LogP contribution is -2.52. The number of rotatable bonds is 14. The smallest absolute Gasteiger partial charge is 0.243 e. The first-order valence-electron chi connectivity index (χ1n) is 15.0. The molecule has 2 amide bonds. The lowest BCUT2D eigenvalue weighted by molar-refractivity contribution is -0.141. The Hall–Kier alpha value is -3.85. The standard InChI is InChI=1S/C34H43N3O5S/c1-26-14-7-8-17-28(26)25-36(31(24-27-15-5-4-6-16-27)34(39)35-29-18-9-10-19-29)33(38)22-13-23-37(43(3,40)41)30-20-11-12-21-32(30)42-2/h4-8,11-12,14-17,20-21,29,31H,9-10,13,18-19,22-25H2,1-3H3,(H,35,39)/t31-/m1/s1. The average molecular weight is 606 g/mol. The Balaban J connectivity index is 1.60. The summed E-state index contributed by atoms with van der Waals surface area (Å²) in [5.41, 5.74) is 3.40. The van der Waals surface area contributed by atoms with Gasteiger partial charge in [0.15, 0.2) is 0 Å². The molecular weight excluding hydrogens is 562 g/mol. The van der Waals surface area contributed by atoms with Gasteiger partial charge in [-0.15, -0.1) is 0 Å². The van der Waals surface area contributed by atoms with E-state index >= 15 is 0 Å². The van der Waals surface area contributed by atoms with Crippen LogP contribution in [0.1, 0.15) is 55.2 Å². The number of anilines is 1. The lowest BCUT2D eigenvalue weighted by Gasteiger charge is -2.33. The summed E-state index contributed by atoms with van der Waals surface area (Å²) in [6.45, 7) is 2.38. The molecule has 9 heteroatoms. The van der Waals surface area contributed by atoms with E-state index in [9.17, 15) is 18.0 Å². The quantitative estimate of drug-likeness (QED) is 0.271. The van der Waals surface area contributed by atoms with Crippen LogP contribution in [0, 0.1) is 6.92 Å². The molecule has 8 nitrogen and oxygen atoms in total. The molecule has 230 valence electrons. The van der Waals surface area contributed by atoms with Crippen LogP contribution in [0.2, 0.25) is 0 Å². The van der Waals surface area contributed by atoms with Crippen molar-refractivity contribution in [1.29, 1.82) is 0 Å². The van der Waals surface area contributed by atoms with E-state index in [1.807, 2.05) is 61.5 Å². The average Bonchev–Trinajstić information content (AvgIpc) is 3.51. The molecule has 0 unspecified atom stereocenters. The molecule has 0 saturated heterocycles. The second-order valence-electron chi connectivity index (χ2n) is 11.3. The first kappa shape index (κ1) is 32.1. The molecule has 1 fully saturated rings. The monoisotopic (exact) mass is 605 g/mol. The highest BCUT2D eigenvalue weighted by Crippen LogP contribution is 2.30. The van der Waals surface area contributed by atoms with Gasteiger partial charge in [-0.2, -0.15) is 0 Å².